The van der Waals surface area contributed by atoms with Crippen molar-refractivity contribution in [2.75, 3.05) is 59.3 Å². The smallest absolute Gasteiger partial charge is 0.259 e. The first-order valence-corrected chi connectivity index (χ1v) is 12.3. The molecule has 0 amide bonds. The lowest BCUT2D eigenvalue weighted by Gasteiger charge is -2.18. The maximum absolute atomic E-state index is 11.0. The summed E-state index contributed by atoms with van der Waals surface area (Å²) in [7, 11) is 4.00. The highest BCUT2D eigenvalue weighted by atomic mass is 32.2. The van der Waals surface area contributed by atoms with E-state index in [0.29, 0.717) is 45.4 Å². The lowest BCUT2D eigenvalue weighted by Crippen LogP contribution is -2.32. The standard InChI is InChI=1S/C23H32N4O6S/c1-26(2)14-19-4-5-20(33-19)17-34-12-8-25-23(15-27(28)29)24-7-9-30-16-18-3-6-21-22(13-18)32-11-10-31-21/h3-6,13H,7-12,14-17H2,1-2H3,(H,24,25). The molecule has 3 rings (SSSR count). The van der Waals surface area contributed by atoms with Crippen molar-refractivity contribution in [3.8, 4) is 11.5 Å². The second-order valence-corrected chi connectivity index (χ2v) is 9.04. The van der Waals surface area contributed by atoms with Crippen molar-refractivity contribution in [3.63, 3.8) is 0 Å². The van der Waals surface area contributed by atoms with Crippen LogP contribution in [0.25, 0.3) is 0 Å². The molecule has 0 unspecified atom stereocenters. The lowest BCUT2D eigenvalue weighted by atomic mass is 10.2. The normalized spacial score (nSPS) is 13.3. The fraction of sp³-hybridized carbons (Fsp3) is 0.522. The molecule has 186 valence electrons. The van der Waals surface area contributed by atoms with Gasteiger partial charge in [-0.3, -0.25) is 15.1 Å². The summed E-state index contributed by atoms with van der Waals surface area (Å²) in [5, 5.41) is 14.0. The Morgan fingerprint density at radius 1 is 1.21 bits per heavy atom. The van der Waals surface area contributed by atoms with Gasteiger partial charge in [0.15, 0.2) is 17.3 Å². The summed E-state index contributed by atoms with van der Waals surface area (Å²) in [6.07, 6.45) is 0. The van der Waals surface area contributed by atoms with Gasteiger partial charge in [-0.25, -0.2) is 0 Å². The third kappa shape index (κ3) is 9.24. The minimum absolute atomic E-state index is 0.334. The van der Waals surface area contributed by atoms with Crippen LogP contribution >= 0.6 is 11.8 Å². The molecule has 0 radical (unpaired) electrons. The molecule has 1 aliphatic heterocycles. The van der Waals surface area contributed by atoms with Gasteiger partial charge < -0.3 is 28.8 Å². The molecule has 11 heteroatoms. The van der Waals surface area contributed by atoms with Crippen LogP contribution in [0.2, 0.25) is 0 Å². The van der Waals surface area contributed by atoms with Crippen LogP contribution < -0.4 is 14.8 Å². The van der Waals surface area contributed by atoms with E-state index >= 15 is 0 Å². The molecule has 0 saturated carbocycles. The minimum Gasteiger partial charge on any atom is -0.486 e. The predicted octanol–water partition coefficient (Wildman–Crippen LogP) is 2.83. The number of nitrogens with zero attached hydrogens (tertiary/aromatic N) is 3. The second kappa shape index (κ2) is 13.8. The van der Waals surface area contributed by atoms with Crippen molar-refractivity contribution < 1.29 is 23.6 Å². The van der Waals surface area contributed by atoms with Crippen molar-refractivity contribution in [2.45, 2.75) is 18.9 Å². The van der Waals surface area contributed by atoms with Crippen molar-refractivity contribution in [2.24, 2.45) is 4.99 Å². The fourth-order valence-electron chi connectivity index (χ4n) is 3.23. The second-order valence-electron chi connectivity index (χ2n) is 7.94. The van der Waals surface area contributed by atoms with Crippen molar-refractivity contribution in [1.29, 1.82) is 0 Å². The van der Waals surface area contributed by atoms with Gasteiger partial charge >= 0.3 is 0 Å². The van der Waals surface area contributed by atoms with Gasteiger partial charge in [0.05, 0.1) is 32.1 Å². The van der Waals surface area contributed by atoms with Crippen LogP contribution in [0.1, 0.15) is 17.1 Å². The molecule has 2 aromatic rings. The SMILES string of the molecule is CN(C)Cc1ccc(CSCCNC(C[N+](=O)[O-])=NCCOCc2ccc3c(c2)OCCO3)o1. The molecule has 0 bridgehead atoms. The van der Waals surface area contributed by atoms with Crippen LogP contribution in [0, 0.1) is 10.1 Å². The van der Waals surface area contributed by atoms with Crippen molar-refractivity contribution in [3.05, 3.63) is 57.5 Å². The summed E-state index contributed by atoms with van der Waals surface area (Å²) >= 11 is 1.70. The van der Waals surface area contributed by atoms with E-state index in [1.54, 1.807) is 11.8 Å². The first kappa shape index (κ1) is 25.9. The number of nitrogens with one attached hydrogen (secondary N) is 1. The maximum atomic E-state index is 11.0. The Kier molecular flexibility index (Phi) is 10.5. The number of furan rings is 1. The molecule has 2 heterocycles. The number of aliphatic imine (C=N–C) groups is 1. The molecule has 1 aromatic heterocycles. The molecular weight excluding hydrogens is 460 g/mol. The Hall–Kier alpha value is -2.76. The highest BCUT2D eigenvalue weighted by molar-refractivity contribution is 7.98. The van der Waals surface area contributed by atoms with Gasteiger partial charge in [0.25, 0.3) is 6.54 Å². The molecule has 0 saturated heterocycles. The monoisotopic (exact) mass is 492 g/mol. The van der Waals surface area contributed by atoms with Gasteiger partial charge in [0.2, 0.25) is 0 Å². The fourth-order valence-corrected chi connectivity index (χ4v) is 3.98. The number of nitro groups is 1. The highest BCUT2D eigenvalue weighted by Gasteiger charge is 2.12. The third-order valence-electron chi connectivity index (χ3n) is 4.70. The summed E-state index contributed by atoms with van der Waals surface area (Å²) in [5.74, 6) is 5.23. The predicted molar refractivity (Wildman–Crippen MR) is 132 cm³/mol. The number of fused-ring (bicyclic) bond motifs is 1. The lowest BCUT2D eigenvalue weighted by molar-refractivity contribution is -0.463. The van der Waals surface area contributed by atoms with Crippen molar-refractivity contribution in [1.82, 2.24) is 10.2 Å². The Balaban J connectivity index is 1.33. The van der Waals surface area contributed by atoms with E-state index in [9.17, 15) is 10.1 Å². The van der Waals surface area contributed by atoms with Crippen molar-refractivity contribution >= 4 is 17.6 Å². The van der Waals surface area contributed by atoms with E-state index < -0.39 is 0 Å². The van der Waals surface area contributed by atoms with Gasteiger partial charge in [-0.05, 0) is 43.9 Å². The summed E-state index contributed by atoms with van der Waals surface area (Å²) in [6.45, 7) is 3.23. The van der Waals surface area contributed by atoms with E-state index in [1.165, 1.54) is 0 Å². The largest absolute Gasteiger partial charge is 0.486 e. The zero-order valence-electron chi connectivity index (χ0n) is 19.7. The zero-order chi connectivity index (χ0) is 24.2. The average Bonchev–Trinajstić information content (AvgIpc) is 3.24. The van der Waals surface area contributed by atoms with E-state index in [-0.39, 0.29) is 11.5 Å². The van der Waals surface area contributed by atoms with E-state index in [1.807, 2.05) is 44.4 Å². The summed E-state index contributed by atoms with van der Waals surface area (Å²) in [5.41, 5.74) is 0.972. The first-order chi connectivity index (χ1) is 16.5. The van der Waals surface area contributed by atoms with Crippen LogP contribution in [0.3, 0.4) is 0 Å². The number of ether oxygens (including phenoxy) is 3. The van der Waals surface area contributed by atoms with Gasteiger partial charge in [-0.1, -0.05) is 6.07 Å². The average molecular weight is 493 g/mol. The quantitative estimate of drug-likeness (QED) is 0.140. The molecule has 1 N–H and O–H groups in total. The highest BCUT2D eigenvalue weighted by Crippen LogP contribution is 2.30. The number of hydrogen-bond acceptors (Lipinski definition) is 9. The Morgan fingerprint density at radius 3 is 2.79 bits per heavy atom. The molecule has 1 aromatic carbocycles. The Labute approximate surface area is 203 Å². The van der Waals surface area contributed by atoms with Gasteiger partial charge in [0.1, 0.15) is 24.7 Å². The molecule has 1 aliphatic rings. The zero-order valence-corrected chi connectivity index (χ0v) is 20.5. The van der Waals surface area contributed by atoms with Crippen LogP contribution in [0.15, 0.2) is 39.7 Å². The Morgan fingerprint density at radius 2 is 2.00 bits per heavy atom. The number of rotatable bonds is 14. The molecular formula is C23H32N4O6S. The molecule has 0 fully saturated rings. The molecule has 0 spiro atoms. The summed E-state index contributed by atoms with van der Waals surface area (Å²) in [4.78, 5) is 16.9. The molecule has 10 nitrogen and oxygen atoms in total. The third-order valence-corrected chi connectivity index (χ3v) is 5.68. The number of thioether (sulfide) groups is 1. The van der Waals surface area contributed by atoms with Crippen LogP contribution in [0.5, 0.6) is 11.5 Å². The summed E-state index contributed by atoms with van der Waals surface area (Å²) < 4.78 is 22.5. The van der Waals surface area contributed by atoms with E-state index in [4.69, 9.17) is 18.6 Å². The van der Waals surface area contributed by atoms with Crippen LogP contribution in [-0.2, 0) is 23.6 Å². The summed E-state index contributed by atoms with van der Waals surface area (Å²) in [6, 6.07) is 9.69. The number of benzene rings is 1. The van der Waals surface area contributed by atoms with Crippen LogP contribution in [-0.4, -0.2) is 75.0 Å². The maximum Gasteiger partial charge on any atom is 0.259 e. The van der Waals surface area contributed by atoms with Gasteiger partial charge in [-0.2, -0.15) is 11.8 Å². The van der Waals surface area contributed by atoms with Gasteiger partial charge in [-0.15, -0.1) is 0 Å². The number of amidine groups is 1. The van der Waals surface area contributed by atoms with E-state index in [2.05, 4.69) is 15.2 Å². The number of hydrogen-bond donors (Lipinski definition) is 1. The molecule has 0 atom stereocenters. The topological polar surface area (TPSA) is 112 Å². The molecule has 0 aliphatic carbocycles. The van der Waals surface area contributed by atoms with Crippen LogP contribution in [0.4, 0.5) is 0 Å². The minimum atomic E-state index is -0.385. The van der Waals surface area contributed by atoms with Gasteiger partial charge in [0, 0.05) is 17.2 Å². The first-order valence-electron chi connectivity index (χ1n) is 11.1. The Bertz CT molecular complexity index is 949. The molecule has 34 heavy (non-hydrogen) atoms. The van der Waals surface area contributed by atoms with E-state index in [0.717, 1.165) is 46.6 Å².